The van der Waals surface area contributed by atoms with Crippen molar-refractivity contribution in [2.24, 2.45) is 0 Å². The Balaban J connectivity index is 1.58. The normalized spacial score (nSPS) is 10.5. The topological polar surface area (TPSA) is 86.1 Å². The van der Waals surface area contributed by atoms with E-state index in [0.29, 0.717) is 29.5 Å². The van der Waals surface area contributed by atoms with E-state index in [0.717, 1.165) is 5.56 Å². The van der Waals surface area contributed by atoms with Crippen molar-refractivity contribution < 1.29 is 14.3 Å². The summed E-state index contributed by atoms with van der Waals surface area (Å²) in [4.78, 5) is 28.0. The second-order valence-corrected chi connectivity index (χ2v) is 6.34. The molecule has 0 saturated carbocycles. The number of hydrogen-bond acceptors (Lipinski definition) is 6. The molecule has 0 unspecified atom stereocenters. The smallest absolute Gasteiger partial charge is 0.311 e. The van der Waals surface area contributed by atoms with Gasteiger partial charge in [-0.2, -0.15) is 5.10 Å². The van der Waals surface area contributed by atoms with Crippen molar-refractivity contribution in [1.29, 1.82) is 0 Å². The molecule has 0 saturated heterocycles. The Bertz CT molecular complexity index is 872. The lowest BCUT2D eigenvalue weighted by Gasteiger charge is -2.05. The molecule has 0 aliphatic heterocycles. The summed E-state index contributed by atoms with van der Waals surface area (Å²) in [5.41, 5.74) is 2.17. The van der Waals surface area contributed by atoms with Crippen LogP contribution in [0.15, 0.2) is 48.1 Å². The first-order valence-corrected chi connectivity index (χ1v) is 8.99. The third kappa shape index (κ3) is 4.76. The molecule has 1 aromatic carbocycles. The average Bonchev–Trinajstić information content (AvgIpc) is 3.28. The third-order valence-corrected chi connectivity index (χ3v) is 4.33. The molecule has 7 nitrogen and oxygen atoms in total. The number of thiazole rings is 1. The van der Waals surface area contributed by atoms with E-state index >= 15 is 0 Å². The predicted molar refractivity (Wildman–Crippen MR) is 98.2 cm³/mol. The van der Waals surface area contributed by atoms with Crippen LogP contribution in [0.4, 0.5) is 5.13 Å². The number of carbonyl (C=O) groups is 2. The second kappa shape index (κ2) is 8.39. The quantitative estimate of drug-likeness (QED) is 0.646. The number of nitrogens with one attached hydrogen (secondary N) is 1. The zero-order chi connectivity index (χ0) is 18.4. The van der Waals surface area contributed by atoms with Gasteiger partial charge >= 0.3 is 5.97 Å². The molecule has 1 amide bonds. The van der Waals surface area contributed by atoms with Crippen LogP contribution in [-0.4, -0.2) is 33.2 Å². The maximum absolute atomic E-state index is 12.3. The van der Waals surface area contributed by atoms with Crippen LogP contribution in [0.5, 0.6) is 0 Å². The number of anilines is 1. The number of ether oxygens (including phenoxy) is 1. The van der Waals surface area contributed by atoms with Gasteiger partial charge in [0, 0.05) is 23.3 Å². The molecule has 0 fully saturated rings. The predicted octanol–water partition coefficient (Wildman–Crippen LogP) is 2.75. The summed E-state index contributed by atoms with van der Waals surface area (Å²) in [6, 6.07) is 9.18. The van der Waals surface area contributed by atoms with E-state index in [1.807, 2.05) is 29.1 Å². The zero-order valence-electron chi connectivity index (χ0n) is 14.2. The molecule has 3 aromatic rings. The Labute approximate surface area is 154 Å². The van der Waals surface area contributed by atoms with E-state index in [-0.39, 0.29) is 18.3 Å². The lowest BCUT2D eigenvalue weighted by Crippen LogP contribution is -2.12. The molecule has 0 atom stereocenters. The molecule has 2 heterocycles. The Morgan fingerprint density at radius 2 is 2.08 bits per heavy atom. The Morgan fingerprint density at radius 1 is 1.27 bits per heavy atom. The van der Waals surface area contributed by atoms with Crippen LogP contribution in [0.3, 0.4) is 0 Å². The fourth-order valence-electron chi connectivity index (χ4n) is 2.32. The maximum Gasteiger partial charge on any atom is 0.311 e. The monoisotopic (exact) mass is 370 g/mol. The van der Waals surface area contributed by atoms with Gasteiger partial charge in [0.15, 0.2) is 5.13 Å². The standard InChI is InChI=1S/C18H18N4O3S/c1-2-25-16(23)10-15-12-26-18(20-15)21-17(24)14-6-4-13(5-7-14)11-22-9-3-8-19-22/h3-9,12H,2,10-11H2,1H3,(H,20,21,24). The fourth-order valence-corrected chi connectivity index (χ4v) is 3.02. The van der Waals surface area contributed by atoms with E-state index in [1.165, 1.54) is 11.3 Å². The zero-order valence-corrected chi connectivity index (χ0v) is 15.0. The minimum atomic E-state index is -0.330. The molecule has 3 rings (SSSR count). The van der Waals surface area contributed by atoms with Crippen molar-refractivity contribution in [1.82, 2.24) is 14.8 Å². The molecule has 0 aliphatic carbocycles. The van der Waals surface area contributed by atoms with Gasteiger partial charge in [0.05, 0.1) is 25.3 Å². The molecular weight excluding hydrogens is 352 g/mol. The van der Waals surface area contributed by atoms with E-state index in [1.54, 1.807) is 30.6 Å². The lowest BCUT2D eigenvalue weighted by molar-refractivity contribution is -0.142. The largest absolute Gasteiger partial charge is 0.466 e. The molecule has 134 valence electrons. The Hall–Kier alpha value is -3.00. The highest BCUT2D eigenvalue weighted by molar-refractivity contribution is 7.14. The van der Waals surface area contributed by atoms with Gasteiger partial charge in [0.2, 0.25) is 0 Å². The van der Waals surface area contributed by atoms with Gasteiger partial charge in [-0.3, -0.25) is 19.6 Å². The molecule has 1 N–H and O–H groups in total. The molecule has 0 spiro atoms. The summed E-state index contributed by atoms with van der Waals surface area (Å²) in [6.07, 6.45) is 3.71. The van der Waals surface area contributed by atoms with Crippen LogP contribution in [0.1, 0.15) is 28.5 Å². The number of benzene rings is 1. The molecule has 26 heavy (non-hydrogen) atoms. The van der Waals surface area contributed by atoms with Gasteiger partial charge in [-0.05, 0) is 30.7 Å². The highest BCUT2D eigenvalue weighted by Gasteiger charge is 2.11. The SMILES string of the molecule is CCOC(=O)Cc1csc(NC(=O)c2ccc(Cn3cccn3)cc2)n1. The number of rotatable bonds is 7. The molecular formula is C18H18N4O3S. The Kier molecular flexibility index (Phi) is 5.75. The van der Waals surface area contributed by atoms with Crippen molar-refractivity contribution >= 4 is 28.3 Å². The van der Waals surface area contributed by atoms with Gasteiger partial charge in [-0.25, -0.2) is 4.98 Å². The van der Waals surface area contributed by atoms with Gasteiger partial charge in [-0.1, -0.05) is 12.1 Å². The molecule has 8 heteroatoms. The third-order valence-electron chi connectivity index (χ3n) is 3.52. The second-order valence-electron chi connectivity index (χ2n) is 5.48. The molecule has 0 bridgehead atoms. The summed E-state index contributed by atoms with van der Waals surface area (Å²) >= 11 is 1.28. The molecule has 0 aliphatic rings. The van der Waals surface area contributed by atoms with Crippen molar-refractivity contribution in [2.75, 3.05) is 11.9 Å². The van der Waals surface area contributed by atoms with Crippen LogP contribution in [0.2, 0.25) is 0 Å². The minimum absolute atomic E-state index is 0.0995. The summed E-state index contributed by atoms with van der Waals surface area (Å²) in [5.74, 6) is -0.573. The summed E-state index contributed by atoms with van der Waals surface area (Å²) < 4.78 is 6.70. The van der Waals surface area contributed by atoms with Crippen LogP contribution < -0.4 is 5.32 Å². The minimum Gasteiger partial charge on any atom is -0.466 e. The van der Waals surface area contributed by atoms with Gasteiger partial charge in [0.1, 0.15) is 0 Å². The van der Waals surface area contributed by atoms with Gasteiger partial charge in [0.25, 0.3) is 5.91 Å². The van der Waals surface area contributed by atoms with Crippen molar-refractivity contribution in [3.8, 4) is 0 Å². The number of amides is 1. The maximum atomic E-state index is 12.3. The fraction of sp³-hybridized carbons (Fsp3) is 0.222. The van der Waals surface area contributed by atoms with E-state index < -0.39 is 0 Å². The van der Waals surface area contributed by atoms with E-state index in [2.05, 4.69) is 15.4 Å². The first-order valence-electron chi connectivity index (χ1n) is 8.12. The van der Waals surface area contributed by atoms with Crippen LogP contribution in [-0.2, 0) is 22.5 Å². The van der Waals surface area contributed by atoms with Gasteiger partial charge in [-0.15, -0.1) is 11.3 Å². The summed E-state index contributed by atoms with van der Waals surface area (Å²) in [7, 11) is 0. The van der Waals surface area contributed by atoms with Crippen molar-refractivity contribution in [3.05, 3.63) is 64.9 Å². The van der Waals surface area contributed by atoms with E-state index in [4.69, 9.17) is 4.74 Å². The van der Waals surface area contributed by atoms with E-state index in [9.17, 15) is 9.59 Å². The molecule has 2 aromatic heterocycles. The highest BCUT2D eigenvalue weighted by atomic mass is 32.1. The number of carbonyl (C=O) groups excluding carboxylic acids is 2. The first-order chi connectivity index (χ1) is 12.6. The van der Waals surface area contributed by atoms with Crippen LogP contribution in [0.25, 0.3) is 0 Å². The molecule has 0 radical (unpaired) electrons. The highest BCUT2D eigenvalue weighted by Crippen LogP contribution is 2.17. The van der Waals surface area contributed by atoms with Crippen molar-refractivity contribution in [3.63, 3.8) is 0 Å². The number of hydrogen-bond donors (Lipinski definition) is 1. The number of nitrogens with zero attached hydrogens (tertiary/aromatic N) is 3. The van der Waals surface area contributed by atoms with Crippen molar-refractivity contribution in [2.45, 2.75) is 19.9 Å². The Morgan fingerprint density at radius 3 is 2.77 bits per heavy atom. The lowest BCUT2D eigenvalue weighted by atomic mass is 10.1. The summed E-state index contributed by atoms with van der Waals surface area (Å²) in [6.45, 7) is 2.74. The summed E-state index contributed by atoms with van der Waals surface area (Å²) in [5, 5.41) is 9.09. The van der Waals surface area contributed by atoms with Crippen LogP contribution in [0, 0.1) is 0 Å². The average molecular weight is 370 g/mol. The number of esters is 1. The van der Waals surface area contributed by atoms with Gasteiger partial charge < -0.3 is 4.74 Å². The number of aromatic nitrogens is 3. The first kappa shape index (κ1) is 17.8. The van der Waals surface area contributed by atoms with Crippen LogP contribution >= 0.6 is 11.3 Å².